The molecular formula is C18H23N5O6. The summed E-state index contributed by atoms with van der Waals surface area (Å²) in [6.07, 6.45) is 3.47. The highest BCUT2D eigenvalue weighted by atomic mass is 16.6. The van der Waals surface area contributed by atoms with Gasteiger partial charge in [0.25, 0.3) is 5.91 Å². The first-order valence-corrected chi connectivity index (χ1v) is 9.71. The van der Waals surface area contributed by atoms with E-state index in [0.717, 1.165) is 25.7 Å². The number of amides is 1. The van der Waals surface area contributed by atoms with Gasteiger partial charge in [0.1, 0.15) is 10.7 Å². The van der Waals surface area contributed by atoms with Crippen molar-refractivity contribution < 1.29 is 18.9 Å². The lowest BCUT2D eigenvalue weighted by molar-refractivity contribution is -0.402. The molecule has 0 bridgehead atoms. The van der Waals surface area contributed by atoms with Gasteiger partial charge in [-0.2, -0.15) is 5.10 Å². The Balaban J connectivity index is 1.56. The second-order valence-electron chi connectivity index (χ2n) is 7.44. The lowest BCUT2D eigenvalue weighted by atomic mass is 9.97. The Morgan fingerprint density at radius 2 is 2.17 bits per heavy atom. The summed E-state index contributed by atoms with van der Waals surface area (Å²) in [5.74, 6) is -0.267. The first kappa shape index (κ1) is 19.4. The van der Waals surface area contributed by atoms with Crippen molar-refractivity contribution >= 4 is 11.8 Å². The smallest absolute Gasteiger partial charge is 0.395 e. The van der Waals surface area contributed by atoms with Crippen LogP contribution in [0, 0.1) is 10.1 Å². The maximum absolute atomic E-state index is 12.8. The minimum atomic E-state index is -0.670. The minimum absolute atomic E-state index is 0.0532. The third kappa shape index (κ3) is 3.82. The van der Waals surface area contributed by atoms with Crippen molar-refractivity contribution in [3.05, 3.63) is 44.3 Å². The van der Waals surface area contributed by atoms with E-state index < -0.39 is 10.8 Å². The number of methoxy groups -OCH3 is 1. The van der Waals surface area contributed by atoms with Gasteiger partial charge in [-0.25, -0.2) is 9.48 Å². The summed E-state index contributed by atoms with van der Waals surface area (Å²) in [5.41, 5.74) is -0.135. The highest BCUT2D eigenvalue weighted by Gasteiger charge is 2.36. The molecule has 2 fully saturated rings. The average molecular weight is 405 g/mol. The molecule has 1 saturated carbocycles. The molecular weight excluding hydrogens is 382 g/mol. The van der Waals surface area contributed by atoms with Crippen LogP contribution >= 0.6 is 0 Å². The van der Waals surface area contributed by atoms with E-state index in [1.807, 2.05) is 0 Å². The van der Waals surface area contributed by atoms with Gasteiger partial charge in [0.2, 0.25) is 0 Å². The zero-order chi connectivity index (χ0) is 20.5. The first-order valence-electron chi connectivity index (χ1n) is 9.71. The van der Waals surface area contributed by atoms with Gasteiger partial charge in [-0.1, -0.05) is 0 Å². The number of nitrogens with zero attached hydrogens (tertiary/aromatic N) is 5. The van der Waals surface area contributed by atoms with Crippen LogP contribution in [-0.2, 0) is 11.3 Å². The van der Waals surface area contributed by atoms with E-state index >= 15 is 0 Å². The molecule has 1 saturated heterocycles. The molecule has 2 aliphatic rings. The van der Waals surface area contributed by atoms with Crippen molar-refractivity contribution in [2.75, 3.05) is 26.8 Å². The standard InChI is InChI=1S/C18H23N5O6/c1-28-10-9-21-18(25)22(13-4-5-13)16(19-21)12-3-2-8-20(11-12)17(24)14-6-7-15(29-14)23(26)27/h6-7,12-13H,2-5,8-11H2,1H3. The molecule has 1 atom stereocenters. The van der Waals surface area contributed by atoms with Crippen molar-refractivity contribution in [1.82, 2.24) is 19.2 Å². The number of likely N-dealkylation sites (tertiary alicyclic amines) is 1. The summed E-state index contributed by atoms with van der Waals surface area (Å²) < 4.78 is 13.3. The summed E-state index contributed by atoms with van der Waals surface area (Å²) in [7, 11) is 1.58. The lowest BCUT2D eigenvalue weighted by Gasteiger charge is -2.31. The molecule has 1 amide bonds. The van der Waals surface area contributed by atoms with Crippen LogP contribution < -0.4 is 5.69 Å². The SMILES string of the molecule is COCCn1nc(C2CCCN(C(=O)c3ccc([N+](=O)[O-])o3)C2)n(C2CC2)c1=O. The van der Waals surface area contributed by atoms with Crippen LogP contribution in [-0.4, -0.2) is 56.9 Å². The molecule has 0 radical (unpaired) electrons. The molecule has 0 N–H and O–H groups in total. The predicted molar refractivity (Wildman–Crippen MR) is 99.9 cm³/mol. The lowest BCUT2D eigenvalue weighted by Crippen LogP contribution is -2.40. The quantitative estimate of drug-likeness (QED) is 0.505. The highest BCUT2D eigenvalue weighted by Crippen LogP contribution is 2.37. The van der Waals surface area contributed by atoms with E-state index in [1.165, 1.54) is 16.8 Å². The summed E-state index contributed by atoms with van der Waals surface area (Å²) in [5, 5.41) is 15.4. The van der Waals surface area contributed by atoms with Gasteiger partial charge < -0.3 is 14.1 Å². The second-order valence-corrected chi connectivity index (χ2v) is 7.44. The maximum Gasteiger partial charge on any atom is 0.433 e. The van der Waals surface area contributed by atoms with E-state index in [0.29, 0.717) is 32.1 Å². The van der Waals surface area contributed by atoms with Crippen molar-refractivity contribution in [3.63, 3.8) is 0 Å². The molecule has 11 heteroatoms. The maximum atomic E-state index is 12.8. The second kappa shape index (κ2) is 7.82. The Labute approximate surface area is 166 Å². The van der Waals surface area contributed by atoms with Gasteiger partial charge in [-0.05, 0) is 31.7 Å². The molecule has 0 aromatic carbocycles. The van der Waals surface area contributed by atoms with E-state index in [-0.39, 0.29) is 29.3 Å². The third-order valence-electron chi connectivity index (χ3n) is 5.37. The highest BCUT2D eigenvalue weighted by molar-refractivity contribution is 5.91. The van der Waals surface area contributed by atoms with Gasteiger partial charge >= 0.3 is 11.6 Å². The van der Waals surface area contributed by atoms with Crippen LogP contribution in [0.1, 0.15) is 54.0 Å². The summed E-state index contributed by atoms with van der Waals surface area (Å²) in [4.78, 5) is 37.3. The Hall–Kier alpha value is -2.95. The van der Waals surface area contributed by atoms with Crippen LogP contribution in [0.4, 0.5) is 5.88 Å². The number of rotatable bonds is 7. The van der Waals surface area contributed by atoms with Crippen LogP contribution in [0.5, 0.6) is 0 Å². The third-order valence-corrected chi connectivity index (χ3v) is 5.37. The van der Waals surface area contributed by atoms with Gasteiger partial charge in [0, 0.05) is 32.2 Å². The van der Waals surface area contributed by atoms with Crippen LogP contribution in [0.2, 0.25) is 0 Å². The molecule has 1 aliphatic carbocycles. The van der Waals surface area contributed by atoms with Crippen LogP contribution in [0.25, 0.3) is 0 Å². The number of aromatic nitrogens is 3. The molecule has 3 heterocycles. The molecule has 0 spiro atoms. The van der Waals surface area contributed by atoms with E-state index in [1.54, 1.807) is 16.6 Å². The molecule has 1 aliphatic heterocycles. The van der Waals surface area contributed by atoms with E-state index in [9.17, 15) is 19.7 Å². The van der Waals surface area contributed by atoms with Crippen molar-refractivity contribution in [3.8, 4) is 0 Å². The summed E-state index contributed by atoms with van der Waals surface area (Å²) in [6, 6.07) is 2.67. The number of nitro groups is 1. The zero-order valence-corrected chi connectivity index (χ0v) is 16.2. The Morgan fingerprint density at radius 1 is 1.38 bits per heavy atom. The first-order chi connectivity index (χ1) is 14.0. The number of carbonyl (C=O) groups is 1. The van der Waals surface area contributed by atoms with Gasteiger partial charge in [0.05, 0.1) is 19.2 Å². The normalized spacial score (nSPS) is 19.5. The number of carbonyl (C=O) groups excluding carboxylic acids is 1. The molecule has 2 aromatic rings. The monoisotopic (exact) mass is 405 g/mol. The van der Waals surface area contributed by atoms with Gasteiger partial charge in [0.15, 0.2) is 5.76 Å². The zero-order valence-electron chi connectivity index (χ0n) is 16.2. The minimum Gasteiger partial charge on any atom is -0.395 e. The summed E-state index contributed by atoms with van der Waals surface area (Å²) in [6.45, 7) is 1.70. The van der Waals surface area contributed by atoms with Crippen LogP contribution in [0.15, 0.2) is 21.3 Å². The van der Waals surface area contributed by atoms with Crippen molar-refractivity contribution in [2.24, 2.45) is 0 Å². The van der Waals surface area contributed by atoms with Crippen molar-refractivity contribution in [1.29, 1.82) is 0 Å². The Kier molecular flexibility index (Phi) is 5.22. The van der Waals surface area contributed by atoms with Crippen LogP contribution in [0.3, 0.4) is 0 Å². The topological polar surface area (TPSA) is 126 Å². The fourth-order valence-electron chi connectivity index (χ4n) is 3.78. The molecule has 11 nitrogen and oxygen atoms in total. The van der Waals surface area contributed by atoms with Crippen molar-refractivity contribution in [2.45, 2.75) is 44.2 Å². The van der Waals surface area contributed by atoms with Gasteiger partial charge in [-0.3, -0.25) is 19.5 Å². The van der Waals surface area contributed by atoms with Gasteiger partial charge in [-0.15, -0.1) is 0 Å². The molecule has 1 unspecified atom stereocenters. The Bertz CT molecular complexity index is 972. The average Bonchev–Trinajstić information content (AvgIpc) is 3.32. The number of piperidine rings is 1. The number of hydrogen-bond acceptors (Lipinski definition) is 7. The number of ether oxygens (including phenoxy) is 1. The molecule has 29 heavy (non-hydrogen) atoms. The predicted octanol–water partition coefficient (Wildman–Crippen LogP) is 1.55. The summed E-state index contributed by atoms with van der Waals surface area (Å²) >= 11 is 0. The largest absolute Gasteiger partial charge is 0.433 e. The number of furan rings is 1. The van der Waals surface area contributed by atoms with E-state index in [4.69, 9.17) is 9.15 Å². The van der Waals surface area contributed by atoms with E-state index in [2.05, 4.69) is 5.10 Å². The fourth-order valence-corrected chi connectivity index (χ4v) is 3.78. The Morgan fingerprint density at radius 3 is 2.83 bits per heavy atom. The molecule has 4 rings (SSSR count). The molecule has 156 valence electrons. The molecule has 2 aromatic heterocycles. The fraction of sp³-hybridized carbons (Fsp3) is 0.611. The number of hydrogen-bond donors (Lipinski definition) is 0.